The summed E-state index contributed by atoms with van der Waals surface area (Å²) in [5.41, 5.74) is -0.0961. The lowest BCUT2D eigenvalue weighted by molar-refractivity contribution is -0.119. The molecule has 8 heteroatoms. The molecule has 5 aliphatic carbocycles. The first-order chi connectivity index (χ1) is 13.0. The van der Waals surface area contributed by atoms with Gasteiger partial charge >= 0.3 is 6.03 Å². The van der Waals surface area contributed by atoms with Crippen molar-refractivity contribution in [2.75, 3.05) is 0 Å². The summed E-state index contributed by atoms with van der Waals surface area (Å²) in [6.07, 6.45) is 9.34. The van der Waals surface area contributed by atoms with Gasteiger partial charge in [-0.1, -0.05) is 11.8 Å². The van der Waals surface area contributed by atoms with Crippen molar-refractivity contribution in [1.82, 2.24) is 20.8 Å². The summed E-state index contributed by atoms with van der Waals surface area (Å²) in [4.78, 5) is 24.9. The smallest absolute Gasteiger partial charge is 0.321 e. The first kappa shape index (κ1) is 17.5. The van der Waals surface area contributed by atoms with Gasteiger partial charge in [0, 0.05) is 11.5 Å². The van der Waals surface area contributed by atoms with Crippen LogP contribution in [0, 0.1) is 17.8 Å². The highest BCUT2D eigenvalue weighted by Gasteiger charge is 2.51. The number of hydrogen-bond acceptors (Lipinski definition) is 6. The summed E-state index contributed by atoms with van der Waals surface area (Å²) in [6, 6.07) is -0.362. The van der Waals surface area contributed by atoms with Crippen LogP contribution in [0.2, 0.25) is 0 Å². The van der Waals surface area contributed by atoms with Gasteiger partial charge in [0.2, 0.25) is 11.8 Å². The van der Waals surface area contributed by atoms with E-state index in [4.69, 9.17) is 4.42 Å². The molecule has 5 saturated carbocycles. The lowest BCUT2D eigenvalue weighted by Crippen LogP contribution is -2.62. The molecule has 1 heterocycles. The number of carbonyl (C=O) groups excluding carboxylic acids is 2. The molecule has 1 aromatic heterocycles. The number of carbonyl (C=O) groups is 2. The first-order valence-corrected chi connectivity index (χ1v) is 11.0. The summed E-state index contributed by atoms with van der Waals surface area (Å²) < 4.78 is 5.58. The Morgan fingerprint density at radius 1 is 1.11 bits per heavy atom. The molecular weight excluding hydrogens is 364 g/mol. The molecule has 4 bridgehead atoms. The van der Waals surface area contributed by atoms with Gasteiger partial charge in [-0.2, -0.15) is 0 Å². The third-order valence-corrected chi connectivity index (χ3v) is 7.58. The number of rotatable bonds is 5. The standard InChI is InChI=1S/C19H26N4O3S/c1-10(27-18-23-22-16(26-18)14-2-3-14)15(24)20-17(25)21-19-7-11-4-12(8-19)6-13(5-11)9-19/h10-14H,2-9H2,1H3,(H2,20,21,24,25)/t10-,11?,12?,13?,19?/m1/s1. The van der Waals surface area contributed by atoms with E-state index in [0.29, 0.717) is 17.0 Å². The van der Waals surface area contributed by atoms with Crippen molar-refractivity contribution in [1.29, 1.82) is 0 Å². The van der Waals surface area contributed by atoms with E-state index >= 15 is 0 Å². The molecule has 0 saturated heterocycles. The van der Waals surface area contributed by atoms with Gasteiger partial charge in [-0.05, 0) is 76.0 Å². The van der Waals surface area contributed by atoms with Crippen LogP contribution >= 0.6 is 11.8 Å². The van der Waals surface area contributed by atoms with E-state index in [2.05, 4.69) is 20.8 Å². The monoisotopic (exact) mass is 390 g/mol. The van der Waals surface area contributed by atoms with E-state index in [1.165, 1.54) is 31.0 Å². The topological polar surface area (TPSA) is 97.1 Å². The SMILES string of the molecule is C[C@@H](Sc1nnc(C2CC2)o1)C(=O)NC(=O)NC12CC3CC(CC(C3)C1)C2. The largest absolute Gasteiger partial charge is 0.416 e. The molecule has 1 atom stereocenters. The van der Waals surface area contributed by atoms with Gasteiger partial charge in [0.05, 0.1) is 5.25 Å². The molecule has 5 fully saturated rings. The minimum absolute atomic E-state index is 0.0961. The zero-order chi connectivity index (χ0) is 18.6. The van der Waals surface area contributed by atoms with Gasteiger partial charge in [0.25, 0.3) is 5.22 Å². The molecule has 0 aromatic carbocycles. The molecule has 5 aliphatic rings. The maximum absolute atomic E-state index is 12.5. The van der Waals surface area contributed by atoms with Crippen molar-refractivity contribution in [3.8, 4) is 0 Å². The average Bonchev–Trinajstić information content (AvgIpc) is 3.32. The Labute approximate surface area is 162 Å². The van der Waals surface area contributed by atoms with Crippen molar-refractivity contribution in [3.05, 3.63) is 5.89 Å². The molecule has 146 valence electrons. The molecule has 1 aromatic rings. The van der Waals surface area contributed by atoms with Crippen molar-refractivity contribution in [3.63, 3.8) is 0 Å². The van der Waals surface area contributed by atoms with Crippen molar-refractivity contribution >= 4 is 23.7 Å². The van der Waals surface area contributed by atoms with E-state index < -0.39 is 5.25 Å². The Kier molecular flexibility index (Phi) is 4.22. The maximum atomic E-state index is 12.5. The number of thioether (sulfide) groups is 1. The van der Waals surface area contributed by atoms with Crippen LogP contribution in [0.4, 0.5) is 4.79 Å². The summed E-state index contributed by atoms with van der Waals surface area (Å²) in [6.45, 7) is 1.75. The van der Waals surface area contributed by atoms with Crippen LogP contribution in [0.15, 0.2) is 9.64 Å². The molecule has 0 aliphatic heterocycles. The fourth-order valence-electron chi connectivity index (χ4n) is 5.72. The predicted octanol–water partition coefficient (Wildman–Crippen LogP) is 3.22. The second-order valence-electron chi connectivity index (χ2n) is 9.08. The third-order valence-electron chi connectivity index (χ3n) is 6.65. The third kappa shape index (κ3) is 3.60. The highest BCUT2D eigenvalue weighted by Crippen LogP contribution is 2.55. The maximum Gasteiger partial charge on any atom is 0.321 e. The van der Waals surface area contributed by atoms with Gasteiger partial charge in [0.1, 0.15) is 0 Å². The summed E-state index contributed by atoms with van der Waals surface area (Å²) >= 11 is 1.20. The number of imide groups is 1. The van der Waals surface area contributed by atoms with Gasteiger partial charge in [-0.25, -0.2) is 4.79 Å². The Morgan fingerprint density at radius 2 is 1.74 bits per heavy atom. The summed E-state index contributed by atoms with van der Waals surface area (Å²) in [5.74, 6) is 2.97. The Morgan fingerprint density at radius 3 is 2.33 bits per heavy atom. The lowest BCUT2D eigenvalue weighted by Gasteiger charge is -2.56. The van der Waals surface area contributed by atoms with Crippen LogP contribution in [0.25, 0.3) is 0 Å². The van der Waals surface area contributed by atoms with Gasteiger partial charge in [0.15, 0.2) is 0 Å². The zero-order valence-corrected chi connectivity index (χ0v) is 16.4. The molecule has 2 N–H and O–H groups in total. The molecule has 0 spiro atoms. The molecule has 0 unspecified atom stereocenters. The van der Waals surface area contributed by atoms with Crippen molar-refractivity contribution < 1.29 is 14.0 Å². The van der Waals surface area contributed by atoms with E-state index in [1.807, 2.05) is 0 Å². The van der Waals surface area contributed by atoms with Gasteiger partial charge in [-0.15, -0.1) is 10.2 Å². The number of aromatic nitrogens is 2. The number of nitrogens with one attached hydrogen (secondary N) is 2. The van der Waals surface area contributed by atoms with E-state index in [-0.39, 0.29) is 17.5 Å². The number of urea groups is 1. The fourth-order valence-corrected chi connectivity index (χ4v) is 6.41. The molecular formula is C19H26N4O3S. The highest BCUT2D eigenvalue weighted by molar-refractivity contribution is 8.00. The van der Waals surface area contributed by atoms with E-state index in [1.54, 1.807) is 6.92 Å². The van der Waals surface area contributed by atoms with Gasteiger partial charge in [-0.3, -0.25) is 10.1 Å². The first-order valence-electron chi connectivity index (χ1n) is 10.1. The van der Waals surface area contributed by atoms with E-state index in [0.717, 1.165) is 49.9 Å². The van der Waals surface area contributed by atoms with Crippen LogP contribution < -0.4 is 10.6 Å². The highest BCUT2D eigenvalue weighted by atomic mass is 32.2. The molecule has 7 nitrogen and oxygen atoms in total. The second kappa shape index (κ2) is 6.50. The number of amides is 3. The number of hydrogen-bond donors (Lipinski definition) is 2. The zero-order valence-electron chi connectivity index (χ0n) is 15.6. The summed E-state index contributed by atoms with van der Waals surface area (Å²) in [5, 5.41) is 13.6. The van der Waals surface area contributed by atoms with Crippen molar-refractivity contribution in [2.24, 2.45) is 17.8 Å². The Balaban J connectivity index is 1.15. The fraction of sp³-hybridized carbons (Fsp3) is 0.789. The Hall–Kier alpha value is -1.57. The lowest BCUT2D eigenvalue weighted by atomic mass is 9.53. The predicted molar refractivity (Wildman–Crippen MR) is 99.2 cm³/mol. The Bertz CT molecular complexity index is 725. The van der Waals surface area contributed by atoms with Crippen LogP contribution in [-0.4, -0.2) is 32.9 Å². The van der Waals surface area contributed by atoms with Crippen molar-refractivity contribution in [2.45, 2.75) is 80.2 Å². The average molecular weight is 391 g/mol. The van der Waals surface area contributed by atoms with Crippen LogP contribution in [0.1, 0.15) is 70.1 Å². The second-order valence-corrected chi connectivity index (χ2v) is 10.4. The molecule has 3 amide bonds. The minimum atomic E-state index is -0.473. The van der Waals surface area contributed by atoms with Gasteiger partial charge < -0.3 is 9.73 Å². The molecule has 6 rings (SSSR count). The van der Waals surface area contributed by atoms with E-state index in [9.17, 15) is 9.59 Å². The summed E-state index contributed by atoms with van der Waals surface area (Å²) in [7, 11) is 0. The van der Waals surface area contributed by atoms with Crippen LogP contribution in [0.5, 0.6) is 0 Å². The quantitative estimate of drug-likeness (QED) is 0.749. The molecule has 27 heavy (non-hydrogen) atoms. The molecule has 0 radical (unpaired) electrons. The normalized spacial score (nSPS) is 35.1. The minimum Gasteiger partial charge on any atom is -0.416 e. The number of nitrogens with zero attached hydrogens (tertiary/aromatic N) is 2. The van der Waals surface area contributed by atoms with Crippen LogP contribution in [-0.2, 0) is 4.79 Å². The van der Waals surface area contributed by atoms with Crippen LogP contribution in [0.3, 0.4) is 0 Å².